The first-order valence-corrected chi connectivity index (χ1v) is 17.5. The number of hydrogen-bond acceptors (Lipinski definition) is 10. The van der Waals surface area contributed by atoms with Crippen LogP contribution < -0.4 is 14.4 Å². The first-order valence-electron chi connectivity index (χ1n) is 17.1. The van der Waals surface area contributed by atoms with Crippen molar-refractivity contribution in [1.29, 1.82) is 5.26 Å². The number of anilines is 1. The second-order valence-electron chi connectivity index (χ2n) is 14.4. The molecule has 3 aliphatic rings. The highest BCUT2D eigenvalue weighted by molar-refractivity contribution is 6.35. The summed E-state index contributed by atoms with van der Waals surface area (Å²) in [7, 11) is 2.11. The van der Waals surface area contributed by atoms with Gasteiger partial charge >= 0.3 is 12.1 Å². The summed E-state index contributed by atoms with van der Waals surface area (Å²) in [6.45, 7) is 10.2. The number of nitrogens with zero attached hydrogens (tertiary/aromatic N) is 7. The highest BCUT2D eigenvalue weighted by Crippen LogP contribution is 2.49. The van der Waals surface area contributed by atoms with E-state index in [1.54, 1.807) is 4.90 Å². The number of hydrogen-bond donors (Lipinski definition) is 1. The molecule has 2 atom stereocenters. The third kappa shape index (κ3) is 6.79. The highest BCUT2D eigenvalue weighted by atomic mass is 35.5. The molecule has 1 amide bonds. The van der Waals surface area contributed by atoms with Crippen LogP contribution in [0.5, 0.6) is 11.8 Å². The van der Waals surface area contributed by atoms with E-state index in [1.165, 1.54) is 0 Å². The number of nitriles is 1. The van der Waals surface area contributed by atoms with Crippen molar-refractivity contribution < 1.29 is 19.0 Å². The lowest BCUT2D eigenvalue weighted by Gasteiger charge is -2.41. The Morgan fingerprint density at radius 3 is 2.63 bits per heavy atom. The number of likely N-dealkylation sites (N-methyl/N-ethyl adjacent to an activating group) is 1. The highest BCUT2D eigenvalue weighted by Gasteiger charge is 2.36. The van der Waals surface area contributed by atoms with Gasteiger partial charge in [-0.1, -0.05) is 17.7 Å². The first kappa shape index (κ1) is 33.2. The molecule has 258 valence electrons. The normalized spacial score (nSPS) is 20.2. The van der Waals surface area contributed by atoms with Crippen LogP contribution in [0.1, 0.15) is 58.4 Å². The van der Waals surface area contributed by atoms with Crippen molar-refractivity contribution in [3.63, 3.8) is 0 Å². The third-order valence-corrected chi connectivity index (χ3v) is 9.86. The van der Waals surface area contributed by atoms with E-state index in [0.717, 1.165) is 59.8 Å². The molecule has 0 spiro atoms. The number of carbonyl (C=O) groups is 1. The lowest BCUT2D eigenvalue weighted by molar-refractivity contribution is 0.0145. The van der Waals surface area contributed by atoms with Gasteiger partial charge in [0.15, 0.2) is 5.75 Å². The Bertz CT molecular complexity index is 1930. The summed E-state index contributed by atoms with van der Waals surface area (Å²) in [5.41, 5.74) is 3.58. The van der Waals surface area contributed by atoms with Gasteiger partial charge in [0.1, 0.15) is 23.5 Å². The quantitative estimate of drug-likeness (QED) is 0.219. The van der Waals surface area contributed by atoms with Crippen LogP contribution in [-0.4, -0.2) is 99.7 Å². The van der Waals surface area contributed by atoms with Gasteiger partial charge < -0.3 is 28.9 Å². The van der Waals surface area contributed by atoms with Gasteiger partial charge in [-0.05, 0) is 84.7 Å². The molecule has 1 aliphatic carbocycles. The minimum absolute atomic E-state index is 0.0524. The molecular formula is C36H43ClN8O4. The van der Waals surface area contributed by atoms with Crippen LogP contribution in [0.4, 0.5) is 10.6 Å². The number of ether oxygens (including phenoxy) is 3. The van der Waals surface area contributed by atoms with E-state index in [2.05, 4.69) is 46.1 Å². The van der Waals surface area contributed by atoms with Gasteiger partial charge in [0.2, 0.25) is 0 Å². The summed E-state index contributed by atoms with van der Waals surface area (Å²) in [6, 6.07) is 8.35. The van der Waals surface area contributed by atoms with Crippen molar-refractivity contribution in [2.24, 2.45) is 0 Å². The summed E-state index contributed by atoms with van der Waals surface area (Å²) in [5, 5.41) is 19.3. The number of carbonyl (C=O) groups excluding carboxylic acids is 1. The zero-order chi connectivity index (χ0) is 34.4. The number of aromatic nitrogens is 4. The topological polar surface area (TPSA) is 133 Å². The largest absolute Gasteiger partial charge is 0.487 e. The molecule has 0 bridgehead atoms. The fourth-order valence-electron chi connectivity index (χ4n) is 6.88. The number of fused-ring (bicyclic) bond motifs is 2. The zero-order valence-corrected chi connectivity index (χ0v) is 29.5. The van der Waals surface area contributed by atoms with E-state index in [-0.39, 0.29) is 24.6 Å². The molecule has 3 fully saturated rings. The molecule has 7 rings (SSSR count). The van der Waals surface area contributed by atoms with E-state index >= 15 is 0 Å². The minimum Gasteiger partial charge on any atom is -0.487 e. The number of H-pyrrole nitrogens is 1. The molecule has 4 aromatic rings. The molecule has 2 aromatic carbocycles. The van der Waals surface area contributed by atoms with Crippen LogP contribution in [0, 0.1) is 18.3 Å². The van der Waals surface area contributed by atoms with Crippen LogP contribution in [0.2, 0.25) is 5.02 Å². The SMILES string of the molecule is Cc1ccc2[nH]ncc2c1-c1c(Cl)cc2c(N3CCN(C(=O)OC(C)(C)C)C(CC#N)C3)nc(OC[C@@H]3CCCN3C)nc2c1OC1CC1. The summed E-state index contributed by atoms with van der Waals surface area (Å²) < 4.78 is 18.8. The molecule has 0 radical (unpaired) electrons. The monoisotopic (exact) mass is 686 g/mol. The van der Waals surface area contributed by atoms with Gasteiger partial charge in [-0.2, -0.15) is 20.3 Å². The average molecular weight is 687 g/mol. The molecule has 49 heavy (non-hydrogen) atoms. The van der Waals surface area contributed by atoms with Gasteiger partial charge in [-0.15, -0.1) is 0 Å². The van der Waals surface area contributed by atoms with Gasteiger partial charge in [-0.3, -0.25) is 5.10 Å². The molecule has 2 saturated heterocycles. The van der Waals surface area contributed by atoms with E-state index in [4.69, 9.17) is 35.8 Å². The lowest BCUT2D eigenvalue weighted by atomic mass is 9.94. The van der Waals surface area contributed by atoms with Gasteiger partial charge in [-0.25, -0.2) is 4.79 Å². The molecule has 12 nitrogen and oxygen atoms in total. The Hall–Kier alpha value is -4.34. The van der Waals surface area contributed by atoms with Crippen LogP contribution in [0.15, 0.2) is 24.4 Å². The lowest BCUT2D eigenvalue weighted by Crippen LogP contribution is -2.56. The Labute approximate surface area is 291 Å². The number of benzene rings is 2. The summed E-state index contributed by atoms with van der Waals surface area (Å²) >= 11 is 7.27. The second kappa shape index (κ2) is 13.2. The number of likely N-dealkylation sites (tertiary alicyclic amines) is 1. The predicted molar refractivity (Wildman–Crippen MR) is 188 cm³/mol. The maximum Gasteiger partial charge on any atom is 0.410 e. The van der Waals surface area contributed by atoms with Gasteiger partial charge in [0.05, 0.1) is 41.4 Å². The predicted octanol–water partition coefficient (Wildman–Crippen LogP) is 6.49. The smallest absolute Gasteiger partial charge is 0.410 e. The standard InChI is InChI=1S/C36H43ClN8O4/c1-21-8-11-28-26(18-39-42-28)29(21)30-27(37)17-25-31(32(30)48-24-9-10-24)40-34(47-20-23-7-6-14-43(23)5)41-33(25)44-15-16-45(22(19-44)12-13-38)35(46)49-36(2,3)4/h8,11,17-18,22-24H,6-7,9-10,12,14-16,19-20H2,1-5H3,(H,39,42)/t22?,23-/m0/s1. The molecule has 2 aromatic heterocycles. The number of amides is 1. The average Bonchev–Trinajstić information content (AvgIpc) is 3.57. The summed E-state index contributed by atoms with van der Waals surface area (Å²) in [4.78, 5) is 29.3. The number of rotatable bonds is 8. The van der Waals surface area contributed by atoms with Gasteiger partial charge in [0, 0.05) is 47.6 Å². The van der Waals surface area contributed by atoms with E-state index in [9.17, 15) is 10.1 Å². The van der Waals surface area contributed by atoms with Crippen molar-refractivity contribution in [2.45, 2.75) is 83.6 Å². The number of halogens is 1. The van der Waals surface area contributed by atoms with E-state index in [1.807, 2.05) is 39.1 Å². The molecular weight excluding hydrogens is 644 g/mol. The van der Waals surface area contributed by atoms with E-state index < -0.39 is 17.7 Å². The fraction of sp³-hybridized carbons (Fsp3) is 0.528. The molecule has 2 aliphatic heterocycles. The van der Waals surface area contributed by atoms with E-state index in [0.29, 0.717) is 53.7 Å². The Balaban J connectivity index is 1.36. The minimum atomic E-state index is -0.653. The van der Waals surface area contributed by atoms with Crippen molar-refractivity contribution in [3.8, 4) is 29.0 Å². The molecule has 1 unspecified atom stereocenters. The Kier molecular flexibility index (Phi) is 8.92. The van der Waals surface area contributed by atoms with Crippen molar-refractivity contribution >= 4 is 45.3 Å². The van der Waals surface area contributed by atoms with Crippen molar-refractivity contribution in [3.05, 3.63) is 35.0 Å². The van der Waals surface area contributed by atoms with Crippen LogP contribution in [-0.2, 0) is 4.74 Å². The number of piperazine rings is 1. The second-order valence-corrected chi connectivity index (χ2v) is 14.8. The Morgan fingerprint density at radius 1 is 1.10 bits per heavy atom. The molecule has 1 saturated carbocycles. The Morgan fingerprint density at radius 2 is 1.92 bits per heavy atom. The number of nitrogens with one attached hydrogen (secondary N) is 1. The maximum absolute atomic E-state index is 13.2. The molecule has 13 heteroatoms. The van der Waals surface area contributed by atoms with Crippen molar-refractivity contribution in [2.75, 3.05) is 44.7 Å². The maximum atomic E-state index is 13.2. The molecule has 4 heterocycles. The van der Waals surface area contributed by atoms with Crippen LogP contribution in [0.25, 0.3) is 32.9 Å². The fourth-order valence-corrected chi connectivity index (χ4v) is 7.17. The van der Waals surface area contributed by atoms with Crippen LogP contribution in [0.3, 0.4) is 0 Å². The van der Waals surface area contributed by atoms with Crippen molar-refractivity contribution in [1.82, 2.24) is 30.0 Å². The number of aryl methyl sites for hydroxylation is 1. The summed E-state index contributed by atoms with van der Waals surface area (Å²) in [5.74, 6) is 1.22. The number of aromatic amines is 1. The third-order valence-electron chi connectivity index (χ3n) is 9.56. The van der Waals surface area contributed by atoms with Crippen LogP contribution >= 0.6 is 11.6 Å². The first-order chi connectivity index (χ1) is 23.5. The zero-order valence-electron chi connectivity index (χ0n) is 28.8. The molecule has 1 N–H and O–H groups in total. The van der Waals surface area contributed by atoms with Gasteiger partial charge in [0.25, 0.3) is 0 Å². The summed E-state index contributed by atoms with van der Waals surface area (Å²) in [6.07, 6.45) is 5.64.